The Kier molecular flexibility index (Phi) is 9.99. The second-order valence-electron chi connectivity index (χ2n) is 6.95. The molecule has 1 fully saturated rings. The minimum Gasteiger partial charge on any atom is -0.455 e. The van der Waals surface area contributed by atoms with E-state index < -0.39 is 55.5 Å². The number of hydrogen-bond acceptors (Lipinski definition) is 4. The van der Waals surface area contributed by atoms with Gasteiger partial charge in [0.2, 0.25) is 0 Å². The van der Waals surface area contributed by atoms with Gasteiger partial charge in [-0.2, -0.15) is 26.3 Å². The normalized spacial score (nSPS) is 27.6. The fourth-order valence-corrected chi connectivity index (χ4v) is 2.92. The van der Waals surface area contributed by atoms with Crippen molar-refractivity contribution >= 4 is 5.97 Å². The summed E-state index contributed by atoms with van der Waals surface area (Å²) in [5.41, 5.74) is 3.71. The third-order valence-corrected chi connectivity index (χ3v) is 4.36. The lowest BCUT2D eigenvalue weighted by Crippen LogP contribution is -2.65. The van der Waals surface area contributed by atoms with Crippen LogP contribution in [0.25, 0.3) is 0 Å². The number of esters is 1. The molecule has 0 aromatic carbocycles. The van der Waals surface area contributed by atoms with E-state index in [4.69, 9.17) is 14.2 Å². The number of carbonyl (C=O) groups excluding carboxylic acids is 1. The number of carbonyl (C=O) groups is 1. The van der Waals surface area contributed by atoms with Crippen LogP contribution in [0.15, 0.2) is 0 Å². The lowest BCUT2D eigenvalue weighted by molar-refractivity contribution is -0.410. The molecule has 0 saturated carbocycles. The van der Waals surface area contributed by atoms with Crippen molar-refractivity contribution in [1.82, 2.24) is 0 Å². The van der Waals surface area contributed by atoms with Crippen LogP contribution in [0.5, 0.6) is 0 Å². The molecule has 3 N–H and O–H groups in total. The van der Waals surface area contributed by atoms with Gasteiger partial charge in [0.1, 0.15) is 12.2 Å². The average Bonchev–Trinajstić information content (AvgIpc) is 2.58. The Labute approximate surface area is 159 Å². The Morgan fingerprint density at radius 2 is 1.54 bits per heavy atom. The van der Waals surface area contributed by atoms with E-state index >= 15 is 0 Å². The van der Waals surface area contributed by atoms with Gasteiger partial charge in [0.15, 0.2) is 6.04 Å². The van der Waals surface area contributed by atoms with Gasteiger partial charge in [0.25, 0.3) is 0 Å². The van der Waals surface area contributed by atoms with E-state index in [2.05, 4.69) is 5.73 Å². The van der Waals surface area contributed by atoms with Gasteiger partial charge in [-0.15, -0.1) is 0 Å². The number of alkyl halides is 6. The van der Waals surface area contributed by atoms with E-state index in [9.17, 15) is 31.1 Å². The van der Waals surface area contributed by atoms with Crippen molar-refractivity contribution in [3.63, 3.8) is 0 Å². The van der Waals surface area contributed by atoms with Gasteiger partial charge in [-0.3, -0.25) is 0 Å². The molecule has 1 heterocycles. The van der Waals surface area contributed by atoms with Gasteiger partial charge in [-0.05, 0) is 32.6 Å². The molecule has 5 nitrogen and oxygen atoms in total. The first kappa shape index (κ1) is 25.0. The zero-order valence-electron chi connectivity index (χ0n) is 15.8. The molecule has 28 heavy (non-hydrogen) atoms. The highest BCUT2D eigenvalue weighted by Gasteiger charge is 2.36. The molecule has 0 bridgehead atoms. The van der Waals surface area contributed by atoms with Crippen LogP contribution in [0.2, 0.25) is 0 Å². The van der Waals surface area contributed by atoms with Crippen molar-refractivity contribution < 1.29 is 51.1 Å². The first-order valence-electron chi connectivity index (χ1n) is 9.29. The lowest BCUT2D eigenvalue weighted by Gasteiger charge is -2.31. The minimum atomic E-state index is -4.31. The van der Waals surface area contributed by atoms with Crippen molar-refractivity contribution in [3.05, 3.63) is 0 Å². The van der Waals surface area contributed by atoms with E-state index in [0.29, 0.717) is 19.3 Å². The zero-order chi connectivity index (χ0) is 21.4. The van der Waals surface area contributed by atoms with Gasteiger partial charge >= 0.3 is 18.3 Å². The Bertz CT molecular complexity index is 472. The molecule has 1 aliphatic rings. The molecule has 0 unspecified atom stereocenters. The molecular weight excluding hydrogens is 396 g/mol. The number of cyclic esters (lactones) is 1. The maximum Gasteiger partial charge on any atom is 0.389 e. The molecule has 0 aromatic rings. The summed E-state index contributed by atoms with van der Waals surface area (Å²) in [6, 6.07) is -0.600. The molecule has 0 spiro atoms. The highest BCUT2D eigenvalue weighted by Crippen LogP contribution is 2.25. The van der Waals surface area contributed by atoms with Crippen LogP contribution >= 0.6 is 0 Å². The van der Waals surface area contributed by atoms with Crippen LogP contribution in [0, 0.1) is 0 Å². The fourth-order valence-electron chi connectivity index (χ4n) is 2.92. The number of hydrogen-bond donors (Lipinski definition) is 1. The van der Waals surface area contributed by atoms with Gasteiger partial charge < -0.3 is 19.9 Å². The van der Waals surface area contributed by atoms with E-state index in [1.165, 1.54) is 6.92 Å². The van der Waals surface area contributed by atoms with E-state index in [1.54, 1.807) is 0 Å². The summed E-state index contributed by atoms with van der Waals surface area (Å²) < 4.78 is 90.1. The Balaban J connectivity index is 2.70. The molecule has 1 aliphatic heterocycles. The molecule has 166 valence electrons. The maximum atomic E-state index is 12.3. The highest BCUT2D eigenvalue weighted by molar-refractivity contribution is 5.74. The molecular formula is C17H28F6NO4+. The standard InChI is InChI=1S/C17H27F6NO4/c1-11-14(27-10-4-8-17(21,22)23)13(26-9-3-7-16(18,19)20)6-2-5-12(24)15(25)28-11/h11-14H,2-10,24H2,1H3/p+1/t11-,12-,13-,14-/m0/s1. The van der Waals surface area contributed by atoms with Crippen molar-refractivity contribution in [2.45, 2.75) is 88.6 Å². The summed E-state index contributed by atoms with van der Waals surface area (Å²) in [7, 11) is 0. The van der Waals surface area contributed by atoms with Crippen LogP contribution < -0.4 is 5.73 Å². The third kappa shape index (κ3) is 10.5. The summed E-state index contributed by atoms with van der Waals surface area (Å²) in [5.74, 6) is -0.547. The molecule has 4 atom stereocenters. The molecule has 1 rings (SSSR count). The van der Waals surface area contributed by atoms with Gasteiger partial charge in [-0.25, -0.2) is 4.79 Å². The summed E-state index contributed by atoms with van der Waals surface area (Å²) in [6.07, 6.45) is -12.2. The topological polar surface area (TPSA) is 72.4 Å². The SMILES string of the molecule is C[C@@H]1OC(=O)[C@@H]([NH3+])CCC[C@H](OCCCC(F)(F)F)[C@H]1OCCCC(F)(F)F. The third-order valence-electron chi connectivity index (χ3n) is 4.36. The van der Waals surface area contributed by atoms with E-state index in [1.807, 2.05) is 0 Å². The Hall–Kier alpha value is -1.07. The van der Waals surface area contributed by atoms with Crippen LogP contribution in [0.4, 0.5) is 26.3 Å². The maximum absolute atomic E-state index is 12.3. The second kappa shape index (κ2) is 11.2. The van der Waals surface area contributed by atoms with E-state index in [-0.39, 0.29) is 26.1 Å². The smallest absolute Gasteiger partial charge is 0.389 e. The zero-order valence-corrected chi connectivity index (χ0v) is 15.8. The summed E-state index contributed by atoms with van der Waals surface area (Å²) in [4.78, 5) is 12.0. The van der Waals surface area contributed by atoms with Crippen molar-refractivity contribution in [3.8, 4) is 0 Å². The van der Waals surface area contributed by atoms with Crippen molar-refractivity contribution in [2.24, 2.45) is 0 Å². The molecule has 0 radical (unpaired) electrons. The van der Waals surface area contributed by atoms with Crippen LogP contribution in [-0.2, 0) is 19.0 Å². The van der Waals surface area contributed by atoms with Gasteiger partial charge in [0.05, 0.1) is 6.10 Å². The molecule has 11 heteroatoms. The number of quaternary nitrogens is 1. The molecule has 0 aromatic heterocycles. The van der Waals surface area contributed by atoms with Crippen LogP contribution in [0.3, 0.4) is 0 Å². The lowest BCUT2D eigenvalue weighted by atomic mass is 10.0. The molecule has 0 amide bonds. The van der Waals surface area contributed by atoms with Gasteiger partial charge in [-0.1, -0.05) is 0 Å². The number of rotatable bonds is 8. The molecule has 0 aliphatic carbocycles. The van der Waals surface area contributed by atoms with Crippen molar-refractivity contribution in [1.29, 1.82) is 0 Å². The minimum absolute atomic E-state index is 0.180. The average molecular weight is 424 g/mol. The van der Waals surface area contributed by atoms with Crippen LogP contribution in [0.1, 0.15) is 51.9 Å². The van der Waals surface area contributed by atoms with Gasteiger partial charge in [0, 0.05) is 32.5 Å². The predicted molar refractivity (Wildman–Crippen MR) is 86.1 cm³/mol. The number of halogens is 6. The molecule has 1 saturated heterocycles. The van der Waals surface area contributed by atoms with Crippen molar-refractivity contribution in [2.75, 3.05) is 13.2 Å². The first-order valence-corrected chi connectivity index (χ1v) is 9.29. The van der Waals surface area contributed by atoms with Crippen LogP contribution in [-0.4, -0.2) is 55.9 Å². The monoisotopic (exact) mass is 424 g/mol. The summed E-state index contributed by atoms with van der Waals surface area (Å²) in [5, 5.41) is 0. The Morgan fingerprint density at radius 3 is 2.07 bits per heavy atom. The highest BCUT2D eigenvalue weighted by atomic mass is 19.4. The predicted octanol–water partition coefficient (Wildman–Crippen LogP) is 3.17. The number of ether oxygens (including phenoxy) is 3. The quantitative estimate of drug-likeness (QED) is 0.369. The van der Waals surface area contributed by atoms with E-state index in [0.717, 1.165) is 0 Å². The fraction of sp³-hybridized carbons (Fsp3) is 0.941. The second-order valence-corrected chi connectivity index (χ2v) is 6.95. The largest absolute Gasteiger partial charge is 0.455 e. The Morgan fingerprint density at radius 1 is 1.00 bits per heavy atom. The summed E-state index contributed by atoms with van der Waals surface area (Å²) >= 11 is 0. The first-order chi connectivity index (χ1) is 12.9. The summed E-state index contributed by atoms with van der Waals surface area (Å²) in [6.45, 7) is 1.11.